The first kappa shape index (κ1) is 28.8. The van der Waals surface area contributed by atoms with Crippen molar-refractivity contribution in [3.05, 3.63) is 45.5 Å². The monoisotopic (exact) mass is 545 g/mol. The topological polar surface area (TPSA) is 107 Å². The van der Waals surface area contributed by atoms with E-state index in [-0.39, 0.29) is 36.8 Å². The van der Waals surface area contributed by atoms with Crippen molar-refractivity contribution in [3.63, 3.8) is 0 Å². The number of aliphatic hydroxyl groups is 2. The molecular weight excluding hydrogens is 506 g/mol. The third kappa shape index (κ3) is 5.86. The predicted molar refractivity (Wildman–Crippen MR) is 146 cm³/mol. The van der Waals surface area contributed by atoms with Gasteiger partial charge in [-0.1, -0.05) is 49.4 Å². The van der Waals surface area contributed by atoms with Gasteiger partial charge < -0.3 is 20.1 Å². The standard InChI is InChI=1S/C30H40ClNO6/c1-3-18(13-19-10-11-22(34)15-25(19)31)9-12-26(35)27-20(17-38-2)14-23-28(24(27)16-33)30(37)32(29(23)36)21-7-5-4-6-8-21/h10-11,13,15,21,23-24,26,28,33-35H,3-9,12,14,16-17H2,1-2H3/b18-13+/t23-,24+,26-,28-/m1/s1. The third-order valence-electron chi connectivity index (χ3n) is 8.57. The maximum absolute atomic E-state index is 13.6. The van der Waals surface area contributed by atoms with Gasteiger partial charge in [-0.15, -0.1) is 0 Å². The van der Waals surface area contributed by atoms with E-state index in [1.807, 2.05) is 13.0 Å². The van der Waals surface area contributed by atoms with E-state index in [0.29, 0.717) is 29.9 Å². The largest absolute Gasteiger partial charge is 0.508 e. The van der Waals surface area contributed by atoms with Crippen LogP contribution in [-0.4, -0.2) is 64.5 Å². The van der Waals surface area contributed by atoms with Gasteiger partial charge in [-0.2, -0.15) is 0 Å². The number of nitrogens with zero attached hydrogens (tertiary/aromatic N) is 1. The van der Waals surface area contributed by atoms with Crippen LogP contribution in [0.3, 0.4) is 0 Å². The fourth-order valence-electron chi connectivity index (χ4n) is 6.67. The van der Waals surface area contributed by atoms with Crippen LogP contribution in [0, 0.1) is 17.8 Å². The minimum absolute atomic E-state index is 0.0584. The summed E-state index contributed by atoms with van der Waals surface area (Å²) >= 11 is 6.29. The Kier molecular flexibility index (Phi) is 9.69. The lowest BCUT2D eigenvalue weighted by molar-refractivity contribution is -0.143. The number of rotatable bonds is 10. The number of phenols is 1. The van der Waals surface area contributed by atoms with Crippen LogP contribution in [0.4, 0.5) is 0 Å². The molecule has 3 aliphatic rings. The average Bonchev–Trinajstić information content (AvgIpc) is 3.16. The van der Waals surface area contributed by atoms with Crippen LogP contribution < -0.4 is 0 Å². The van der Waals surface area contributed by atoms with Crippen LogP contribution in [0.15, 0.2) is 34.9 Å². The smallest absolute Gasteiger partial charge is 0.234 e. The minimum Gasteiger partial charge on any atom is -0.508 e. The van der Waals surface area contributed by atoms with E-state index in [4.69, 9.17) is 16.3 Å². The van der Waals surface area contributed by atoms with E-state index in [2.05, 4.69) is 0 Å². The summed E-state index contributed by atoms with van der Waals surface area (Å²) in [7, 11) is 1.58. The Labute approximate surface area is 230 Å². The zero-order chi connectivity index (χ0) is 27.4. The number of aromatic hydroxyl groups is 1. The summed E-state index contributed by atoms with van der Waals surface area (Å²) in [6.45, 7) is 1.97. The summed E-state index contributed by atoms with van der Waals surface area (Å²) in [5.74, 6) is -1.98. The number of amides is 2. The predicted octanol–water partition coefficient (Wildman–Crippen LogP) is 4.87. The van der Waals surface area contributed by atoms with Crippen molar-refractivity contribution in [3.8, 4) is 5.75 Å². The highest BCUT2D eigenvalue weighted by atomic mass is 35.5. The van der Waals surface area contributed by atoms with Gasteiger partial charge in [-0.3, -0.25) is 14.5 Å². The van der Waals surface area contributed by atoms with Gasteiger partial charge in [0.1, 0.15) is 5.75 Å². The Balaban J connectivity index is 1.56. The van der Waals surface area contributed by atoms with Crippen molar-refractivity contribution >= 4 is 29.5 Å². The van der Waals surface area contributed by atoms with Crippen LogP contribution >= 0.6 is 11.6 Å². The zero-order valence-electron chi connectivity index (χ0n) is 22.4. The summed E-state index contributed by atoms with van der Waals surface area (Å²) in [5, 5.41) is 32.0. The summed E-state index contributed by atoms with van der Waals surface area (Å²) < 4.78 is 5.45. The molecule has 4 atom stereocenters. The summed E-state index contributed by atoms with van der Waals surface area (Å²) in [5.41, 5.74) is 3.34. The highest BCUT2D eigenvalue weighted by Crippen LogP contribution is 2.47. The van der Waals surface area contributed by atoms with Crippen molar-refractivity contribution in [2.24, 2.45) is 17.8 Å². The second-order valence-electron chi connectivity index (χ2n) is 10.9. The Hall–Kier alpha value is -2.19. The van der Waals surface area contributed by atoms with Gasteiger partial charge in [0.25, 0.3) is 0 Å². The highest BCUT2D eigenvalue weighted by molar-refractivity contribution is 6.32. The first-order valence-electron chi connectivity index (χ1n) is 13.8. The van der Waals surface area contributed by atoms with Gasteiger partial charge in [0.05, 0.1) is 36.2 Å². The van der Waals surface area contributed by atoms with Crippen molar-refractivity contribution in [2.45, 2.75) is 76.9 Å². The lowest BCUT2D eigenvalue weighted by Gasteiger charge is -2.36. The lowest BCUT2D eigenvalue weighted by atomic mass is 9.68. The van der Waals surface area contributed by atoms with E-state index < -0.39 is 23.9 Å². The molecule has 1 aromatic carbocycles. The van der Waals surface area contributed by atoms with E-state index in [1.54, 1.807) is 19.2 Å². The molecule has 1 heterocycles. The number of carbonyl (C=O) groups is 2. The molecule has 208 valence electrons. The number of ether oxygens (including phenoxy) is 1. The highest BCUT2D eigenvalue weighted by Gasteiger charge is 2.56. The van der Waals surface area contributed by atoms with Crippen LogP contribution in [0.25, 0.3) is 6.08 Å². The third-order valence-corrected chi connectivity index (χ3v) is 8.90. The second-order valence-corrected chi connectivity index (χ2v) is 11.3. The number of phenolic OH excluding ortho intramolecular Hbond substituents is 1. The number of aliphatic hydroxyl groups excluding tert-OH is 2. The Morgan fingerprint density at radius 3 is 2.58 bits per heavy atom. The molecule has 38 heavy (non-hydrogen) atoms. The summed E-state index contributed by atoms with van der Waals surface area (Å²) in [6, 6.07) is 4.78. The first-order chi connectivity index (χ1) is 18.3. The molecule has 0 bridgehead atoms. The minimum atomic E-state index is -0.880. The second kappa shape index (κ2) is 12.8. The number of halogens is 1. The fraction of sp³-hybridized carbons (Fsp3) is 0.600. The van der Waals surface area contributed by atoms with Gasteiger partial charge in [-0.05, 0) is 73.4 Å². The van der Waals surface area contributed by atoms with Crippen molar-refractivity contribution in [2.75, 3.05) is 20.3 Å². The summed E-state index contributed by atoms with van der Waals surface area (Å²) in [4.78, 5) is 28.6. The van der Waals surface area contributed by atoms with Crippen LogP contribution in [0.1, 0.15) is 70.3 Å². The molecule has 0 aromatic heterocycles. The molecule has 0 radical (unpaired) electrons. The molecule has 2 fully saturated rings. The maximum atomic E-state index is 13.6. The summed E-state index contributed by atoms with van der Waals surface area (Å²) in [6.07, 6.45) is 8.04. The normalized spacial score (nSPS) is 25.8. The maximum Gasteiger partial charge on any atom is 0.234 e. The van der Waals surface area contributed by atoms with E-state index in [0.717, 1.165) is 55.2 Å². The number of imide groups is 1. The number of fused-ring (bicyclic) bond motifs is 1. The molecule has 1 aliphatic heterocycles. The molecule has 7 nitrogen and oxygen atoms in total. The first-order valence-corrected chi connectivity index (χ1v) is 14.2. The molecule has 2 amide bonds. The van der Waals surface area contributed by atoms with Crippen LogP contribution in [0.5, 0.6) is 5.75 Å². The molecule has 1 saturated heterocycles. The quantitative estimate of drug-likeness (QED) is 0.286. The Bertz CT molecular complexity index is 1090. The molecular formula is C30H40ClNO6. The van der Waals surface area contributed by atoms with Crippen LogP contribution in [-0.2, 0) is 14.3 Å². The van der Waals surface area contributed by atoms with Gasteiger partial charge in [0.2, 0.25) is 11.8 Å². The lowest BCUT2D eigenvalue weighted by Crippen LogP contribution is -2.42. The number of carbonyl (C=O) groups excluding carboxylic acids is 2. The van der Waals surface area contributed by atoms with Gasteiger partial charge >= 0.3 is 0 Å². The zero-order valence-corrected chi connectivity index (χ0v) is 23.1. The van der Waals surface area contributed by atoms with Gasteiger partial charge in [0, 0.05) is 19.1 Å². The van der Waals surface area contributed by atoms with Crippen molar-refractivity contribution in [1.29, 1.82) is 0 Å². The van der Waals surface area contributed by atoms with Crippen molar-refractivity contribution < 1.29 is 29.6 Å². The number of hydrogen-bond donors (Lipinski definition) is 3. The average molecular weight is 546 g/mol. The molecule has 3 N–H and O–H groups in total. The molecule has 8 heteroatoms. The van der Waals surface area contributed by atoms with E-state index >= 15 is 0 Å². The number of methoxy groups -OCH3 is 1. The van der Waals surface area contributed by atoms with Gasteiger partial charge in [-0.25, -0.2) is 0 Å². The fourth-order valence-corrected chi connectivity index (χ4v) is 6.90. The Morgan fingerprint density at radius 2 is 1.95 bits per heavy atom. The van der Waals surface area contributed by atoms with Crippen LogP contribution in [0.2, 0.25) is 5.02 Å². The number of likely N-dealkylation sites (tertiary alicyclic amines) is 1. The van der Waals surface area contributed by atoms with Gasteiger partial charge in [0.15, 0.2) is 0 Å². The number of hydrogen-bond acceptors (Lipinski definition) is 6. The molecule has 0 spiro atoms. The number of benzene rings is 1. The number of allylic oxidation sites excluding steroid dienone is 1. The molecule has 2 aliphatic carbocycles. The molecule has 0 unspecified atom stereocenters. The Morgan fingerprint density at radius 1 is 1.21 bits per heavy atom. The van der Waals surface area contributed by atoms with E-state index in [1.165, 1.54) is 11.0 Å². The SMILES string of the molecule is CC/C(=C\c1ccc(O)cc1Cl)CC[C@@H](O)C1=C(COC)C[C@H]2C(=O)N(C3CCCCC3)C(=O)[C@H]2[C@H]1CO. The molecule has 1 aromatic rings. The van der Waals surface area contributed by atoms with E-state index in [9.17, 15) is 24.9 Å². The molecule has 1 saturated carbocycles. The van der Waals surface area contributed by atoms with Crippen molar-refractivity contribution in [1.82, 2.24) is 4.90 Å². The molecule has 4 rings (SSSR count).